The molecule has 2 aromatic carbocycles. The van der Waals surface area contributed by atoms with E-state index in [1.807, 2.05) is 6.07 Å². The van der Waals surface area contributed by atoms with E-state index in [-0.39, 0.29) is 11.6 Å². The average Bonchev–Trinajstić information content (AvgIpc) is 3.24. The van der Waals surface area contributed by atoms with Crippen LogP contribution in [0.4, 0.5) is 5.69 Å². The molecule has 0 bridgehead atoms. The Bertz CT molecular complexity index is 1220. The van der Waals surface area contributed by atoms with Gasteiger partial charge in [0.2, 0.25) is 0 Å². The maximum atomic E-state index is 13.0. The molecule has 0 spiro atoms. The van der Waals surface area contributed by atoms with Gasteiger partial charge in [0.05, 0.1) is 16.3 Å². The summed E-state index contributed by atoms with van der Waals surface area (Å²) < 4.78 is 1.52. The van der Waals surface area contributed by atoms with Gasteiger partial charge in [-0.05, 0) is 54.1 Å². The van der Waals surface area contributed by atoms with Gasteiger partial charge in [-0.25, -0.2) is 4.68 Å². The van der Waals surface area contributed by atoms with Gasteiger partial charge in [-0.3, -0.25) is 19.9 Å². The molecule has 0 unspecified atom stereocenters. The van der Waals surface area contributed by atoms with E-state index in [1.54, 1.807) is 60.9 Å². The number of nitro groups is 1. The fraction of sp³-hybridized carbons (Fsp3) is 0.0455. The minimum absolute atomic E-state index is 0.0182. The number of carbonyl (C=O) groups is 1. The summed E-state index contributed by atoms with van der Waals surface area (Å²) in [5, 5.41) is 18.9. The number of hydrogen-bond donors (Lipinski definition) is 1. The van der Waals surface area contributed by atoms with Crippen molar-refractivity contribution in [3.8, 4) is 16.9 Å². The van der Waals surface area contributed by atoms with Crippen molar-refractivity contribution < 1.29 is 9.72 Å². The van der Waals surface area contributed by atoms with Gasteiger partial charge >= 0.3 is 0 Å². The SMILES string of the molecule is O=C(NCc1cccnc1)c1cc(-c2ccc([N+](=O)[O-])cc2)nn1-c1ccc(Cl)cc1. The molecule has 0 aliphatic carbocycles. The second-order valence-corrected chi connectivity index (χ2v) is 7.09. The molecule has 1 amide bonds. The van der Waals surface area contributed by atoms with Crippen molar-refractivity contribution >= 4 is 23.2 Å². The molecule has 1 N–H and O–H groups in total. The molecule has 0 saturated heterocycles. The molecular formula is C22H16ClN5O3. The van der Waals surface area contributed by atoms with E-state index < -0.39 is 4.92 Å². The van der Waals surface area contributed by atoms with Crippen LogP contribution in [0.3, 0.4) is 0 Å². The first-order chi connectivity index (χ1) is 15.0. The molecule has 2 heterocycles. The Hall–Kier alpha value is -4.04. The Morgan fingerprint density at radius 2 is 1.84 bits per heavy atom. The highest BCUT2D eigenvalue weighted by molar-refractivity contribution is 6.30. The molecule has 0 aliphatic heterocycles. The zero-order valence-corrected chi connectivity index (χ0v) is 16.9. The monoisotopic (exact) mass is 433 g/mol. The minimum atomic E-state index is -0.465. The topological polar surface area (TPSA) is 103 Å². The lowest BCUT2D eigenvalue weighted by Crippen LogP contribution is -2.25. The van der Waals surface area contributed by atoms with E-state index in [4.69, 9.17) is 11.6 Å². The third-order valence-corrected chi connectivity index (χ3v) is 4.81. The summed E-state index contributed by atoms with van der Waals surface area (Å²) in [6.07, 6.45) is 3.34. The summed E-state index contributed by atoms with van der Waals surface area (Å²) in [5.74, 6) is -0.320. The van der Waals surface area contributed by atoms with Gasteiger partial charge in [0, 0.05) is 41.7 Å². The van der Waals surface area contributed by atoms with Gasteiger partial charge in [0.15, 0.2) is 0 Å². The van der Waals surface area contributed by atoms with Crippen molar-refractivity contribution in [2.24, 2.45) is 0 Å². The molecule has 0 radical (unpaired) electrons. The average molecular weight is 434 g/mol. The first-order valence-electron chi connectivity index (χ1n) is 9.29. The van der Waals surface area contributed by atoms with Gasteiger partial charge < -0.3 is 5.32 Å². The molecule has 154 valence electrons. The molecule has 4 rings (SSSR count). The van der Waals surface area contributed by atoms with Gasteiger partial charge in [-0.15, -0.1) is 0 Å². The highest BCUT2D eigenvalue weighted by atomic mass is 35.5. The molecule has 31 heavy (non-hydrogen) atoms. The molecule has 2 aromatic heterocycles. The van der Waals surface area contributed by atoms with E-state index >= 15 is 0 Å². The maximum absolute atomic E-state index is 13.0. The normalized spacial score (nSPS) is 10.6. The number of carbonyl (C=O) groups excluding carboxylic acids is 1. The fourth-order valence-electron chi connectivity index (χ4n) is 2.99. The second-order valence-electron chi connectivity index (χ2n) is 6.65. The molecule has 8 nitrogen and oxygen atoms in total. The second kappa shape index (κ2) is 8.76. The number of rotatable bonds is 6. The Kier molecular flexibility index (Phi) is 5.72. The van der Waals surface area contributed by atoms with Crippen LogP contribution in [0.1, 0.15) is 16.1 Å². The highest BCUT2D eigenvalue weighted by Gasteiger charge is 2.18. The molecule has 4 aromatic rings. The van der Waals surface area contributed by atoms with Crippen LogP contribution in [-0.4, -0.2) is 25.6 Å². The van der Waals surface area contributed by atoms with Crippen LogP contribution in [0.15, 0.2) is 79.1 Å². The Morgan fingerprint density at radius 3 is 2.48 bits per heavy atom. The largest absolute Gasteiger partial charge is 0.347 e. The van der Waals surface area contributed by atoms with Crippen LogP contribution in [0.5, 0.6) is 0 Å². The molecule has 0 fully saturated rings. The van der Waals surface area contributed by atoms with Crippen LogP contribution < -0.4 is 5.32 Å². The first-order valence-corrected chi connectivity index (χ1v) is 9.67. The van der Waals surface area contributed by atoms with Gasteiger partial charge in [0.25, 0.3) is 11.6 Å². The highest BCUT2D eigenvalue weighted by Crippen LogP contribution is 2.24. The third-order valence-electron chi connectivity index (χ3n) is 4.56. The lowest BCUT2D eigenvalue weighted by atomic mass is 10.1. The minimum Gasteiger partial charge on any atom is -0.347 e. The van der Waals surface area contributed by atoms with Crippen molar-refractivity contribution in [1.82, 2.24) is 20.1 Å². The first kappa shape index (κ1) is 20.2. The van der Waals surface area contributed by atoms with Crippen molar-refractivity contribution in [3.63, 3.8) is 0 Å². The summed E-state index contributed by atoms with van der Waals surface area (Å²) in [6, 6.07) is 18.3. The number of aromatic nitrogens is 3. The zero-order valence-electron chi connectivity index (χ0n) is 16.1. The van der Waals surface area contributed by atoms with Gasteiger partial charge in [-0.1, -0.05) is 17.7 Å². The summed E-state index contributed by atoms with van der Waals surface area (Å²) in [7, 11) is 0. The number of nitrogens with zero attached hydrogens (tertiary/aromatic N) is 4. The quantitative estimate of drug-likeness (QED) is 0.358. The van der Waals surface area contributed by atoms with Crippen molar-refractivity contribution in [1.29, 1.82) is 0 Å². The number of amides is 1. The summed E-state index contributed by atoms with van der Waals surface area (Å²) >= 11 is 5.99. The van der Waals surface area contributed by atoms with Crippen LogP contribution in [0.2, 0.25) is 5.02 Å². The molecule has 0 saturated carbocycles. The number of benzene rings is 2. The predicted molar refractivity (Wildman–Crippen MR) is 116 cm³/mol. The molecule has 0 aliphatic rings. The van der Waals surface area contributed by atoms with E-state index in [2.05, 4.69) is 15.4 Å². The van der Waals surface area contributed by atoms with Crippen LogP contribution in [0, 0.1) is 10.1 Å². The standard InChI is InChI=1S/C22H16ClN5O3/c23-17-5-9-18(10-6-17)27-21(22(29)25-14-15-2-1-11-24-13-15)12-20(26-27)16-3-7-19(8-4-16)28(30)31/h1-13H,14H2,(H,25,29). The van der Waals surface area contributed by atoms with Crippen molar-refractivity contribution in [2.75, 3.05) is 0 Å². The smallest absolute Gasteiger partial charge is 0.270 e. The van der Waals surface area contributed by atoms with Gasteiger partial charge in [-0.2, -0.15) is 5.10 Å². The van der Waals surface area contributed by atoms with Gasteiger partial charge in [0.1, 0.15) is 5.69 Å². The predicted octanol–water partition coefficient (Wildman–Crippen LogP) is 4.43. The fourth-order valence-corrected chi connectivity index (χ4v) is 3.12. The van der Waals surface area contributed by atoms with Crippen LogP contribution in [-0.2, 0) is 6.54 Å². The van der Waals surface area contributed by atoms with Crippen molar-refractivity contribution in [2.45, 2.75) is 6.54 Å². The molecule has 0 atom stereocenters. The number of nitrogens with one attached hydrogen (secondary N) is 1. The van der Waals surface area contributed by atoms with Crippen molar-refractivity contribution in [3.05, 3.63) is 106 Å². The zero-order chi connectivity index (χ0) is 21.8. The van der Waals surface area contributed by atoms with Crippen LogP contribution >= 0.6 is 11.6 Å². The third kappa shape index (κ3) is 4.59. The number of halogens is 1. The van der Waals surface area contributed by atoms with E-state index in [0.717, 1.165) is 5.56 Å². The van der Waals surface area contributed by atoms with E-state index in [0.29, 0.717) is 34.2 Å². The number of pyridine rings is 1. The Morgan fingerprint density at radius 1 is 1.10 bits per heavy atom. The lowest BCUT2D eigenvalue weighted by Gasteiger charge is -2.08. The number of hydrogen-bond acceptors (Lipinski definition) is 5. The maximum Gasteiger partial charge on any atom is 0.270 e. The number of nitro benzene ring substituents is 1. The summed E-state index contributed by atoms with van der Waals surface area (Å²) in [5.41, 5.74) is 2.99. The summed E-state index contributed by atoms with van der Waals surface area (Å²) in [6.45, 7) is 0.311. The Balaban J connectivity index is 1.68. The number of non-ortho nitro benzene ring substituents is 1. The molecule has 9 heteroatoms. The molecular weight excluding hydrogens is 418 g/mol. The van der Waals surface area contributed by atoms with E-state index in [1.165, 1.54) is 16.8 Å². The summed E-state index contributed by atoms with van der Waals surface area (Å²) in [4.78, 5) is 27.5. The van der Waals surface area contributed by atoms with Crippen LogP contribution in [0.25, 0.3) is 16.9 Å². The van der Waals surface area contributed by atoms with E-state index in [9.17, 15) is 14.9 Å². The lowest BCUT2D eigenvalue weighted by molar-refractivity contribution is -0.384. The Labute approximate surface area is 182 Å².